The van der Waals surface area contributed by atoms with Gasteiger partial charge in [-0.2, -0.15) is 0 Å². The molecule has 1 aromatic carbocycles. The number of likely N-dealkylation sites (tertiary alicyclic amines) is 1. The van der Waals surface area contributed by atoms with E-state index >= 15 is 0 Å². The predicted molar refractivity (Wildman–Crippen MR) is 74.7 cm³/mol. The summed E-state index contributed by atoms with van der Waals surface area (Å²) >= 11 is 0. The minimum Gasteiger partial charge on any atom is -0.493 e. The van der Waals surface area contributed by atoms with Gasteiger partial charge in [-0.3, -0.25) is 0 Å². The Hall–Kier alpha value is -1.26. The number of benzene rings is 1. The van der Waals surface area contributed by atoms with Crippen molar-refractivity contribution in [3.63, 3.8) is 0 Å². The highest BCUT2D eigenvalue weighted by Gasteiger charge is 2.11. The van der Waals surface area contributed by atoms with Gasteiger partial charge >= 0.3 is 0 Å². The number of nitrogens with zero attached hydrogens (tertiary/aromatic N) is 1. The van der Waals surface area contributed by atoms with Crippen LogP contribution in [0.4, 0.5) is 0 Å². The average molecular weight is 265 g/mol. The van der Waals surface area contributed by atoms with Gasteiger partial charge in [0, 0.05) is 6.54 Å². The molecule has 1 aliphatic heterocycles. The second-order valence-corrected chi connectivity index (χ2v) is 4.89. The Morgan fingerprint density at radius 2 is 2.00 bits per heavy atom. The Morgan fingerprint density at radius 3 is 2.68 bits per heavy atom. The monoisotopic (exact) mass is 265 g/mol. The Balaban J connectivity index is 1.78. The maximum absolute atomic E-state index is 9.08. The van der Waals surface area contributed by atoms with Gasteiger partial charge in [0.2, 0.25) is 0 Å². The minimum absolute atomic E-state index is 0.0194. The molecule has 2 rings (SSSR count). The summed E-state index contributed by atoms with van der Waals surface area (Å²) in [5.74, 6) is 1.44. The normalized spacial score (nSPS) is 15.7. The van der Waals surface area contributed by atoms with E-state index in [0.717, 1.165) is 24.3 Å². The summed E-state index contributed by atoms with van der Waals surface area (Å²) < 4.78 is 11.0. The highest BCUT2D eigenvalue weighted by Crippen LogP contribution is 2.28. The maximum Gasteiger partial charge on any atom is 0.161 e. The van der Waals surface area contributed by atoms with Crippen LogP contribution < -0.4 is 9.47 Å². The van der Waals surface area contributed by atoms with E-state index in [1.165, 1.54) is 25.9 Å². The highest BCUT2D eigenvalue weighted by molar-refractivity contribution is 5.42. The smallest absolute Gasteiger partial charge is 0.161 e. The fourth-order valence-electron chi connectivity index (χ4n) is 2.41. The van der Waals surface area contributed by atoms with E-state index in [2.05, 4.69) is 4.90 Å². The molecule has 106 valence electrons. The van der Waals surface area contributed by atoms with Crippen LogP contribution in [-0.2, 0) is 6.61 Å². The standard InChI is InChI=1S/C15H23NO3/c1-18-15-11-13(12-17)5-6-14(15)19-10-4-9-16-7-2-3-8-16/h5-6,11,17H,2-4,7-10,12H2,1H3. The molecule has 0 spiro atoms. The van der Waals surface area contributed by atoms with Crippen molar-refractivity contribution in [2.45, 2.75) is 25.9 Å². The van der Waals surface area contributed by atoms with Crippen molar-refractivity contribution in [1.29, 1.82) is 0 Å². The van der Waals surface area contributed by atoms with Crippen LogP contribution in [0.25, 0.3) is 0 Å². The van der Waals surface area contributed by atoms with Gasteiger partial charge in [-0.15, -0.1) is 0 Å². The molecule has 1 heterocycles. The van der Waals surface area contributed by atoms with Crippen LogP contribution in [0.3, 0.4) is 0 Å². The lowest BCUT2D eigenvalue weighted by molar-refractivity contribution is 0.253. The number of hydrogen-bond donors (Lipinski definition) is 1. The Kier molecular flexibility index (Phi) is 5.48. The first kappa shape index (κ1) is 14.2. The summed E-state index contributed by atoms with van der Waals surface area (Å²) in [5, 5.41) is 9.08. The molecule has 0 aliphatic carbocycles. The zero-order chi connectivity index (χ0) is 13.5. The van der Waals surface area contributed by atoms with Gasteiger partial charge in [-0.1, -0.05) is 6.07 Å². The topological polar surface area (TPSA) is 41.9 Å². The van der Waals surface area contributed by atoms with Gasteiger partial charge in [0.1, 0.15) is 0 Å². The van der Waals surface area contributed by atoms with Crippen LogP contribution in [0.1, 0.15) is 24.8 Å². The SMILES string of the molecule is COc1cc(CO)ccc1OCCCN1CCCC1. The van der Waals surface area contributed by atoms with E-state index in [1.807, 2.05) is 18.2 Å². The van der Waals surface area contributed by atoms with Gasteiger partial charge in [0.15, 0.2) is 11.5 Å². The van der Waals surface area contributed by atoms with E-state index in [4.69, 9.17) is 14.6 Å². The van der Waals surface area contributed by atoms with Crippen molar-refractivity contribution in [3.05, 3.63) is 23.8 Å². The molecule has 4 nitrogen and oxygen atoms in total. The zero-order valence-electron chi connectivity index (χ0n) is 11.6. The number of aliphatic hydroxyl groups excluding tert-OH is 1. The average Bonchev–Trinajstić information content (AvgIpc) is 2.96. The molecule has 1 aromatic rings. The Bertz CT molecular complexity index is 389. The van der Waals surface area contributed by atoms with Gasteiger partial charge in [0.05, 0.1) is 20.3 Å². The molecule has 1 saturated heterocycles. The van der Waals surface area contributed by atoms with Crippen molar-refractivity contribution in [1.82, 2.24) is 4.90 Å². The number of methoxy groups -OCH3 is 1. The van der Waals surface area contributed by atoms with Crippen molar-refractivity contribution < 1.29 is 14.6 Å². The van der Waals surface area contributed by atoms with Crippen LogP contribution in [0.15, 0.2) is 18.2 Å². The molecule has 0 aromatic heterocycles. The van der Waals surface area contributed by atoms with Crippen molar-refractivity contribution in [3.8, 4) is 11.5 Å². The number of hydrogen-bond acceptors (Lipinski definition) is 4. The lowest BCUT2D eigenvalue weighted by atomic mass is 10.2. The zero-order valence-corrected chi connectivity index (χ0v) is 11.6. The van der Waals surface area contributed by atoms with Crippen molar-refractivity contribution in [2.75, 3.05) is 33.4 Å². The fourth-order valence-corrected chi connectivity index (χ4v) is 2.41. The van der Waals surface area contributed by atoms with Crippen LogP contribution in [0, 0.1) is 0 Å². The predicted octanol–water partition coefficient (Wildman–Crippen LogP) is 2.05. The van der Waals surface area contributed by atoms with Gasteiger partial charge in [0.25, 0.3) is 0 Å². The first-order chi connectivity index (χ1) is 9.33. The van der Waals surface area contributed by atoms with Crippen LogP contribution in [0.2, 0.25) is 0 Å². The molecule has 1 fully saturated rings. The Labute approximate surface area is 114 Å². The summed E-state index contributed by atoms with van der Waals surface area (Å²) in [5.41, 5.74) is 0.835. The minimum atomic E-state index is 0.0194. The van der Waals surface area contributed by atoms with Crippen molar-refractivity contribution in [2.24, 2.45) is 0 Å². The molecule has 0 radical (unpaired) electrons. The third kappa shape index (κ3) is 4.11. The number of aliphatic hydroxyl groups is 1. The summed E-state index contributed by atoms with van der Waals surface area (Å²) in [4.78, 5) is 2.48. The van der Waals surface area contributed by atoms with Gasteiger partial charge in [-0.25, -0.2) is 0 Å². The van der Waals surface area contributed by atoms with Crippen molar-refractivity contribution >= 4 is 0 Å². The number of rotatable bonds is 7. The first-order valence-corrected chi connectivity index (χ1v) is 6.96. The third-order valence-electron chi connectivity index (χ3n) is 3.49. The molecular formula is C15H23NO3. The van der Waals surface area contributed by atoms with E-state index in [-0.39, 0.29) is 6.61 Å². The fraction of sp³-hybridized carbons (Fsp3) is 0.600. The van der Waals surface area contributed by atoms with Crippen LogP contribution in [0.5, 0.6) is 11.5 Å². The molecule has 19 heavy (non-hydrogen) atoms. The van der Waals surface area contributed by atoms with E-state index in [9.17, 15) is 0 Å². The molecule has 0 unspecified atom stereocenters. The maximum atomic E-state index is 9.08. The summed E-state index contributed by atoms with van der Waals surface area (Å²) in [7, 11) is 1.62. The Morgan fingerprint density at radius 1 is 1.21 bits per heavy atom. The molecule has 1 aliphatic rings. The quantitative estimate of drug-likeness (QED) is 0.766. The van der Waals surface area contributed by atoms with E-state index < -0.39 is 0 Å². The van der Waals surface area contributed by atoms with Gasteiger partial charge < -0.3 is 19.5 Å². The summed E-state index contributed by atoms with van der Waals surface area (Å²) in [6.45, 7) is 4.29. The molecule has 4 heteroatoms. The first-order valence-electron chi connectivity index (χ1n) is 6.96. The lowest BCUT2D eigenvalue weighted by Gasteiger charge is -2.15. The van der Waals surface area contributed by atoms with E-state index in [1.54, 1.807) is 7.11 Å². The largest absolute Gasteiger partial charge is 0.493 e. The van der Waals surface area contributed by atoms with E-state index in [0.29, 0.717) is 12.4 Å². The lowest BCUT2D eigenvalue weighted by Crippen LogP contribution is -2.21. The molecule has 1 N–H and O–H groups in total. The van der Waals surface area contributed by atoms with Gasteiger partial charge in [-0.05, 0) is 50.0 Å². The van der Waals surface area contributed by atoms with Crippen LogP contribution in [-0.4, -0.2) is 43.4 Å². The molecule has 0 atom stereocenters. The second-order valence-electron chi connectivity index (χ2n) is 4.89. The molecule has 0 saturated carbocycles. The molecule has 0 bridgehead atoms. The summed E-state index contributed by atoms with van der Waals surface area (Å²) in [6.07, 6.45) is 3.69. The number of ether oxygens (including phenoxy) is 2. The molecule has 0 amide bonds. The molecular weight excluding hydrogens is 242 g/mol. The van der Waals surface area contributed by atoms with Crippen LogP contribution >= 0.6 is 0 Å². The second kappa shape index (κ2) is 7.36. The summed E-state index contributed by atoms with van der Waals surface area (Å²) in [6, 6.07) is 5.54. The third-order valence-corrected chi connectivity index (χ3v) is 3.49. The highest BCUT2D eigenvalue weighted by atomic mass is 16.5.